The summed E-state index contributed by atoms with van der Waals surface area (Å²) in [5.41, 5.74) is 0.384. The Bertz CT molecular complexity index is 534. The Morgan fingerprint density at radius 1 is 1.35 bits per heavy atom. The van der Waals surface area contributed by atoms with Gasteiger partial charge in [-0.05, 0) is 38.3 Å². The van der Waals surface area contributed by atoms with Crippen molar-refractivity contribution in [3.63, 3.8) is 0 Å². The second-order valence-electron chi connectivity index (χ2n) is 5.69. The normalized spacial score (nSPS) is 18.6. The highest BCUT2D eigenvalue weighted by atomic mass is 19.4. The number of benzene rings is 1. The minimum atomic E-state index is -4.40. The van der Waals surface area contributed by atoms with Crippen LogP contribution in [0, 0.1) is 0 Å². The molecule has 4 nitrogen and oxygen atoms in total. The molecule has 1 atom stereocenters. The van der Waals surface area contributed by atoms with Crippen LogP contribution in [0.1, 0.15) is 26.2 Å². The van der Waals surface area contributed by atoms with Gasteiger partial charge in [-0.15, -0.1) is 0 Å². The van der Waals surface area contributed by atoms with Crippen molar-refractivity contribution < 1.29 is 22.7 Å². The van der Waals surface area contributed by atoms with Crippen LogP contribution in [0.2, 0.25) is 0 Å². The summed E-state index contributed by atoms with van der Waals surface area (Å²) in [7, 11) is 0. The van der Waals surface area contributed by atoms with Crippen molar-refractivity contribution in [3.05, 3.63) is 24.3 Å². The van der Waals surface area contributed by atoms with Gasteiger partial charge < -0.3 is 15.0 Å². The fourth-order valence-electron chi connectivity index (χ4n) is 2.64. The van der Waals surface area contributed by atoms with E-state index in [1.54, 1.807) is 18.2 Å². The lowest BCUT2D eigenvalue weighted by atomic mass is 10.0. The third-order valence-corrected chi connectivity index (χ3v) is 3.83. The monoisotopic (exact) mass is 330 g/mol. The zero-order valence-corrected chi connectivity index (χ0v) is 13.0. The Morgan fingerprint density at radius 3 is 2.78 bits per heavy atom. The molecule has 1 fully saturated rings. The van der Waals surface area contributed by atoms with Gasteiger partial charge in [-0.3, -0.25) is 4.79 Å². The Balaban J connectivity index is 1.93. The number of ether oxygens (including phenoxy) is 1. The van der Waals surface area contributed by atoms with Crippen LogP contribution in [0.5, 0.6) is 5.75 Å². The van der Waals surface area contributed by atoms with E-state index in [9.17, 15) is 18.0 Å². The fraction of sp³-hybridized carbons (Fsp3) is 0.562. The van der Waals surface area contributed by atoms with Crippen LogP contribution in [0.25, 0.3) is 0 Å². The van der Waals surface area contributed by atoms with Crippen LogP contribution in [0.4, 0.5) is 18.9 Å². The van der Waals surface area contributed by atoms with Gasteiger partial charge in [0.1, 0.15) is 5.75 Å². The molecule has 0 saturated carbocycles. The number of alkyl halides is 3. The molecule has 1 heterocycles. The number of nitrogens with zero attached hydrogens (tertiary/aromatic N) is 1. The molecule has 1 aliphatic heterocycles. The molecule has 0 radical (unpaired) electrons. The minimum absolute atomic E-state index is 0.0384. The summed E-state index contributed by atoms with van der Waals surface area (Å²) < 4.78 is 41.6. The van der Waals surface area contributed by atoms with E-state index >= 15 is 0 Å². The van der Waals surface area contributed by atoms with Gasteiger partial charge in [-0.25, -0.2) is 0 Å². The van der Waals surface area contributed by atoms with E-state index in [4.69, 9.17) is 4.74 Å². The Hall–Kier alpha value is -1.92. The summed E-state index contributed by atoms with van der Waals surface area (Å²) in [5.74, 6) is 0.0344. The minimum Gasteiger partial charge on any atom is -0.482 e. The maximum Gasteiger partial charge on any atom is 0.422 e. The number of likely N-dealkylation sites (tertiary alicyclic amines) is 1. The average Bonchev–Trinajstić information content (AvgIpc) is 2.51. The molecule has 2 rings (SSSR count). The van der Waals surface area contributed by atoms with Crippen LogP contribution >= 0.6 is 0 Å². The number of carbonyl (C=O) groups excluding carboxylic acids is 1. The molecular formula is C16H21F3N2O2. The molecule has 1 N–H and O–H groups in total. The lowest BCUT2D eigenvalue weighted by molar-refractivity contribution is -0.153. The Morgan fingerprint density at radius 2 is 2.09 bits per heavy atom. The molecule has 0 bridgehead atoms. The van der Waals surface area contributed by atoms with Crippen LogP contribution in [-0.2, 0) is 4.79 Å². The number of para-hydroxylation sites is 2. The summed E-state index contributed by atoms with van der Waals surface area (Å²) in [4.78, 5) is 14.1. The van der Waals surface area contributed by atoms with Crippen LogP contribution in [0.15, 0.2) is 24.3 Å². The first-order valence-electron chi connectivity index (χ1n) is 7.69. The number of piperidine rings is 1. The summed E-state index contributed by atoms with van der Waals surface area (Å²) in [6.07, 6.45) is -1.31. The van der Waals surface area contributed by atoms with Crippen molar-refractivity contribution in [1.82, 2.24) is 4.90 Å². The average molecular weight is 330 g/mol. The number of rotatable bonds is 5. The molecule has 1 aliphatic rings. The summed E-state index contributed by atoms with van der Waals surface area (Å²) in [6, 6.07) is 6.51. The van der Waals surface area contributed by atoms with E-state index < -0.39 is 12.8 Å². The topological polar surface area (TPSA) is 41.6 Å². The molecule has 1 unspecified atom stereocenters. The number of anilines is 1. The Labute approximate surface area is 133 Å². The predicted octanol–water partition coefficient (Wildman–Crippen LogP) is 3.44. The van der Waals surface area contributed by atoms with Gasteiger partial charge in [-0.2, -0.15) is 13.2 Å². The van der Waals surface area contributed by atoms with Gasteiger partial charge >= 0.3 is 6.18 Å². The summed E-state index contributed by atoms with van der Waals surface area (Å²) in [5, 5.41) is 2.88. The largest absolute Gasteiger partial charge is 0.482 e. The molecule has 1 amide bonds. The number of nitrogens with one attached hydrogen (secondary N) is 1. The number of amides is 1. The van der Waals surface area contributed by atoms with Crippen LogP contribution < -0.4 is 10.1 Å². The number of hydrogen-bond donors (Lipinski definition) is 1. The van der Waals surface area contributed by atoms with Crippen molar-refractivity contribution in [2.45, 2.75) is 38.4 Å². The highest BCUT2D eigenvalue weighted by Crippen LogP contribution is 2.26. The van der Waals surface area contributed by atoms with Crippen molar-refractivity contribution >= 4 is 11.6 Å². The number of hydrogen-bond acceptors (Lipinski definition) is 3. The van der Waals surface area contributed by atoms with E-state index in [1.165, 1.54) is 6.07 Å². The second kappa shape index (κ2) is 7.57. The van der Waals surface area contributed by atoms with Crippen molar-refractivity contribution in [1.29, 1.82) is 0 Å². The lowest BCUT2D eigenvalue weighted by Gasteiger charge is -2.33. The van der Waals surface area contributed by atoms with Crippen molar-refractivity contribution in [2.24, 2.45) is 0 Å². The predicted molar refractivity (Wildman–Crippen MR) is 81.5 cm³/mol. The van der Waals surface area contributed by atoms with E-state index in [-0.39, 0.29) is 24.2 Å². The van der Waals surface area contributed by atoms with Gasteiger partial charge in [0.05, 0.1) is 12.2 Å². The molecule has 7 heteroatoms. The SMILES string of the molecule is CC1CCCCN1C(=O)CNc1ccccc1OCC(F)(F)F. The van der Waals surface area contributed by atoms with Gasteiger partial charge in [0.2, 0.25) is 5.91 Å². The fourth-order valence-corrected chi connectivity index (χ4v) is 2.64. The van der Waals surface area contributed by atoms with Crippen LogP contribution in [-0.4, -0.2) is 42.7 Å². The molecule has 1 saturated heterocycles. The molecule has 0 spiro atoms. The first-order chi connectivity index (χ1) is 10.9. The van der Waals surface area contributed by atoms with Gasteiger partial charge in [-0.1, -0.05) is 12.1 Å². The van der Waals surface area contributed by atoms with E-state index in [0.29, 0.717) is 5.69 Å². The molecule has 1 aromatic rings. The number of carbonyl (C=O) groups is 1. The van der Waals surface area contributed by atoms with E-state index in [0.717, 1.165) is 25.8 Å². The zero-order chi connectivity index (χ0) is 16.9. The first kappa shape index (κ1) is 17.4. The molecular weight excluding hydrogens is 309 g/mol. The quantitative estimate of drug-likeness (QED) is 0.899. The van der Waals surface area contributed by atoms with Crippen molar-refractivity contribution in [2.75, 3.05) is 25.0 Å². The maximum absolute atomic E-state index is 12.3. The van der Waals surface area contributed by atoms with Crippen molar-refractivity contribution in [3.8, 4) is 5.75 Å². The van der Waals surface area contributed by atoms with Crippen LogP contribution in [0.3, 0.4) is 0 Å². The molecule has 23 heavy (non-hydrogen) atoms. The number of halogens is 3. The second-order valence-corrected chi connectivity index (χ2v) is 5.69. The third-order valence-electron chi connectivity index (χ3n) is 3.83. The first-order valence-corrected chi connectivity index (χ1v) is 7.69. The van der Waals surface area contributed by atoms with E-state index in [2.05, 4.69) is 5.32 Å². The lowest BCUT2D eigenvalue weighted by Crippen LogP contribution is -2.44. The summed E-state index contributed by atoms with van der Waals surface area (Å²) in [6.45, 7) is 1.42. The highest BCUT2D eigenvalue weighted by molar-refractivity contribution is 5.81. The maximum atomic E-state index is 12.3. The van der Waals surface area contributed by atoms with Gasteiger partial charge in [0.25, 0.3) is 0 Å². The Kier molecular flexibility index (Phi) is 5.74. The van der Waals surface area contributed by atoms with Gasteiger partial charge in [0.15, 0.2) is 6.61 Å². The van der Waals surface area contributed by atoms with E-state index in [1.807, 2.05) is 11.8 Å². The molecule has 0 aliphatic carbocycles. The van der Waals surface area contributed by atoms with Gasteiger partial charge in [0, 0.05) is 12.6 Å². The smallest absolute Gasteiger partial charge is 0.422 e. The zero-order valence-electron chi connectivity index (χ0n) is 13.0. The third kappa shape index (κ3) is 5.33. The molecule has 128 valence electrons. The highest BCUT2D eigenvalue weighted by Gasteiger charge is 2.29. The summed E-state index contributed by atoms with van der Waals surface area (Å²) >= 11 is 0. The molecule has 1 aromatic carbocycles. The standard InChI is InChI=1S/C16H21F3N2O2/c1-12-6-4-5-9-21(12)15(22)10-20-13-7-2-3-8-14(13)23-11-16(17,18)19/h2-3,7-8,12,20H,4-6,9-11H2,1H3. The molecule has 0 aromatic heterocycles.